The predicted molar refractivity (Wildman–Crippen MR) is 128 cm³/mol. The van der Waals surface area contributed by atoms with Crippen molar-refractivity contribution in [2.75, 3.05) is 6.61 Å². The van der Waals surface area contributed by atoms with Crippen LogP contribution in [-0.4, -0.2) is 76.6 Å². The smallest absolute Gasteiger partial charge is 0.312 e. The maximum absolute atomic E-state index is 12.9. The first-order chi connectivity index (χ1) is 17.2. The van der Waals surface area contributed by atoms with Crippen LogP contribution in [0.25, 0.3) is 0 Å². The molecule has 11 heteroatoms. The summed E-state index contributed by atoms with van der Waals surface area (Å²) in [6, 6.07) is 0. The molecule has 0 aromatic heterocycles. The molecule has 10 nitrogen and oxygen atoms in total. The number of epoxide rings is 1. The fourth-order valence-electron chi connectivity index (χ4n) is 6.49. The van der Waals surface area contributed by atoms with E-state index in [1.165, 1.54) is 33.8 Å². The van der Waals surface area contributed by atoms with Crippen LogP contribution in [0.4, 0.5) is 0 Å². The first-order valence-electron chi connectivity index (χ1n) is 12.3. The summed E-state index contributed by atoms with van der Waals surface area (Å²) in [5, 5.41) is 11.3. The van der Waals surface area contributed by atoms with Gasteiger partial charge in [-0.25, -0.2) is 0 Å². The standard InChI is InChI=1S/C26H33ClO10/c1-12-7-8-17(34-14(3)28)24(6)18(35-15(4)29)9-10-25(11-33-25)20(24)22(36-16(5)30)26(32)13(2)23(31)37-21(26)19(12)27/h7-8,13,17-22,32H,1,9-11H2,2-6H3/b8-7-/t13-,17-,18-,19-,20+,21-,22-,24-,25+,26-/m0/s1. The summed E-state index contributed by atoms with van der Waals surface area (Å²) in [4.78, 5) is 49.9. The topological polar surface area (TPSA) is 138 Å². The van der Waals surface area contributed by atoms with E-state index < -0.39 is 82.1 Å². The van der Waals surface area contributed by atoms with Crippen molar-refractivity contribution in [2.45, 2.75) is 88.5 Å². The molecule has 0 aromatic rings. The van der Waals surface area contributed by atoms with Gasteiger partial charge in [0, 0.05) is 26.7 Å². The van der Waals surface area contributed by atoms with Crippen LogP contribution in [0.2, 0.25) is 0 Å². The molecule has 2 heterocycles. The summed E-state index contributed by atoms with van der Waals surface area (Å²) in [7, 11) is 0. The SMILES string of the molecule is C=C1/C=C\[C@H](OC(C)=O)[C@@]2(C)[C@@H](OC(C)=O)CC[C@@]3(CO3)[C@@H]2[C@H](OC(C)=O)[C@]2(O)[C@@H](C)C(=O)O[C@H]2[C@H]1Cl. The molecule has 2 aliphatic heterocycles. The Balaban J connectivity index is 2.04. The van der Waals surface area contributed by atoms with Gasteiger partial charge in [-0.15, -0.1) is 11.6 Å². The van der Waals surface area contributed by atoms with Gasteiger partial charge in [0.25, 0.3) is 0 Å². The molecule has 204 valence electrons. The van der Waals surface area contributed by atoms with Gasteiger partial charge in [-0.1, -0.05) is 19.6 Å². The molecule has 1 spiro atoms. The molecular formula is C26H33ClO10. The lowest BCUT2D eigenvalue weighted by molar-refractivity contribution is -0.238. The van der Waals surface area contributed by atoms with Crippen LogP contribution >= 0.6 is 11.6 Å². The lowest BCUT2D eigenvalue weighted by atomic mass is 9.53. The Hall–Kier alpha value is -2.43. The molecule has 2 aliphatic carbocycles. The molecule has 0 unspecified atom stereocenters. The van der Waals surface area contributed by atoms with Crippen molar-refractivity contribution >= 4 is 35.5 Å². The van der Waals surface area contributed by atoms with E-state index in [1.807, 2.05) is 0 Å². The zero-order chi connectivity index (χ0) is 27.5. The lowest BCUT2D eigenvalue weighted by Crippen LogP contribution is -2.70. The average Bonchev–Trinajstić information content (AvgIpc) is 3.53. The number of rotatable bonds is 3. The van der Waals surface area contributed by atoms with Gasteiger partial charge in [0.1, 0.15) is 18.3 Å². The number of ether oxygens (including phenoxy) is 5. The average molecular weight is 541 g/mol. The van der Waals surface area contributed by atoms with Crippen molar-refractivity contribution in [2.24, 2.45) is 17.3 Å². The number of carbonyl (C=O) groups is 4. The van der Waals surface area contributed by atoms with Crippen LogP contribution < -0.4 is 0 Å². The zero-order valence-corrected chi connectivity index (χ0v) is 22.3. The Morgan fingerprint density at radius 1 is 1.14 bits per heavy atom. The number of hydrogen-bond acceptors (Lipinski definition) is 10. The molecule has 0 aromatic carbocycles. The maximum Gasteiger partial charge on any atom is 0.312 e. The zero-order valence-electron chi connectivity index (χ0n) is 21.5. The van der Waals surface area contributed by atoms with Gasteiger partial charge in [0.2, 0.25) is 0 Å². The van der Waals surface area contributed by atoms with Gasteiger partial charge in [-0.3, -0.25) is 19.2 Å². The molecule has 3 fully saturated rings. The van der Waals surface area contributed by atoms with E-state index in [2.05, 4.69) is 6.58 Å². The monoisotopic (exact) mass is 540 g/mol. The third-order valence-electron chi connectivity index (χ3n) is 8.39. The molecule has 0 amide bonds. The summed E-state index contributed by atoms with van der Waals surface area (Å²) in [6.07, 6.45) is -0.716. The molecular weight excluding hydrogens is 508 g/mol. The second kappa shape index (κ2) is 9.39. The summed E-state index contributed by atoms with van der Waals surface area (Å²) in [6.45, 7) is 11.1. The molecule has 0 radical (unpaired) electrons. The normalized spacial score (nSPS) is 45.6. The highest BCUT2D eigenvalue weighted by Crippen LogP contribution is 2.62. The first-order valence-corrected chi connectivity index (χ1v) is 12.7. The van der Waals surface area contributed by atoms with E-state index in [-0.39, 0.29) is 12.2 Å². The molecule has 0 bridgehead atoms. The number of carbonyl (C=O) groups excluding carboxylic acids is 4. The quantitative estimate of drug-likeness (QED) is 0.245. The minimum absolute atomic E-state index is 0.259. The Labute approximate surface area is 220 Å². The molecule has 4 aliphatic rings. The van der Waals surface area contributed by atoms with Gasteiger partial charge < -0.3 is 28.8 Å². The number of halogens is 1. The molecule has 4 rings (SSSR count). The van der Waals surface area contributed by atoms with Crippen molar-refractivity contribution in [1.82, 2.24) is 0 Å². The molecule has 10 atom stereocenters. The Morgan fingerprint density at radius 2 is 1.73 bits per heavy atom. The third-order valence-corrected chi connectivity index (χ3v) is 8.90. The Bertz CT molecular complexity index is 1050. The van der Waals surface area contributed by atoms with Crippen LogP contribution in [0.5, 0.6) is 0 Å². The maximum atomic E-state index is 12.9. The Morgan fingerprint density at radius 3 is 2.27 bits per heavy atom. The first kappa shape index (κ1) is 27.6. The van der Waals surface area contributed by atoms with Gasteiger partial charge in [-0.05, 0) is 31.4 Å². The highest BCUT2D eigenvalue weighted by molar-refractivity contribution is 6.23. The van der Waals surface area contributed by atoms with Gasteiger partial charge in [0.15, 0.2) is 11.7 Å². The van der Waals surface area contributed by atoms with Crippen molar-refractivity contribution in [3.05, 3.63) is 24.3 Å². The van der Waals surface area contributed by atoms with E-state index in [0.29, 0.717) is 12.8 Å². The third kappa shape index (κ3) is 4.36. The minimum atomic E-state index is -2.12. The molecule has 1 N–H and O–H groups in total. The summed E-state index contributed by atoms with van der Waals surface area (Å²) >= 11 is 6.70. The van der Waals surface area contributed by atoms with Crippen LogP contribution in [0.1, 0.15) is 47.5 Å². The highest BCUT2D eigenvalue weighted by Gasteiger charge is 2.75. The van der Waals surface area contributed by atoms with Crippen LogP contribution in [-0.2, 0) is 42.9 Å². The fourth-order valence-corrected chi connectivity index (χ4v) is 6.82. The summed E-state index contributed by atoms with van der Waals surface area (Å²) in [5.41, 5.74) is -4.05. The minimum Gasteiger partial charge on any atom is -0.462 e. The van der Waals surface area contributed by atoms with Gasteiger partial charge in [-0.2, -0.15) is 0 Å². The van der Waals surface area contributed by atoms with Crippen molar-refractivity contribution in [3.63, 3.8) is 0 Å². The number of esters is 4. The van der Waals surface area contributed by atoms with Crippen molar-refractivity contribution < 1.29 is 48.0 Å². The van der Waals surface area contributed by atoms with Crippen LogP contribution in [0.3, 0.4) is 0 Å². The second-order valence-corrected chi connectivity index (χ2v) is 11.2. The van der Waals surface area contributed by atoms with E-state index in [0.717, 1.165) is 0 Å². The molecule has 37 heavy (non-hydrogen) atoms. The number of hydrogen-bond donors (Lipinski definition) is 1. The van der Waals surface area contributed by atoms with Crippen LogP contribution in [0, 0.1) is 17.3 Å². The molecule has 1 saturated carbocycles. The fraction of sp³-hybridized carbons (Fsp3) is 0.692. The summed E-state index contributed by atoms with van der Waals surface area (Å²) < 4.78 is 29.0. The van der Waals surface area contributed by atoms with E-state index in [4.69, 9.17) is 35.3 Å². The van der Waals surface area contributed by atoms with E-state index in [9.17, 15) is 24.3 Å². The number of aliphatic hydroxyl groups is 1. The highest BCUT2D eigenvalue weighted by atomic mass is 35.5. The van der Waals surface area contributed by atoms with Crippen LogP contribution in [0.15, 0.2) is 24.3 Å². The van der Waals surface area contributed by atoms with E-state index in [1.54, 1.807) is 13.0 Å². The van der Waals surface area contributed by atoms with Crippen molar-refractivity contribution in [3.8, 4) is 0 Å². The predicted octanol–water partition coefficient (Wildman–Crippen LogP) is 1.99. The van der Waals surface area contributed by atoms with Crippen molar-refractivity contribution in [1.29, 1.82) is 0 Å². The van der Waals surface area contributed by atoms with E-state index >= 15 is 0 Å². The number of alkyl halides is 1. The molecule has 2 saturated heterocycles. The summed E-state index contributed by atoms with van der Waals surface area (Å²) in [5.74, 6) is -4.66. The van der Waals surface area contributed by atoms with Gasteiger partial charge in [0.05, 0.1) is 28.9 Å². The van der Waals surface area contributed by atoms with Gasteiger partial charge >= 0.3 is 23.9 Å². The Kier molecular flexibility index (Phi) is 7.01. The number of fused-ring (bicyclic) bond motifs is 3. The largest absolute Gasteiger partial charge is 0.462 e. The second-order valence-electron chi connectivity index (χ2n) is 10.7. The lowest BCUT2D eigenvalue weighted by Gasteiger charge is -2.56. The number of allylic oxidation sites excluding steroid dienone is 1.